The van der Waals surface area contributed by atoms with Gasteiger partial charge < -0.3 is 0 Å². The highest BCUT2D eigenvalue weighted by atomic mass is 35.5. The molecule has 2 rings (SSSR count). The van der Waals surface area contributed by atoms with Crippen LogP contribution in [0.2, 0.25) is 5.02 Å². The van der Waals surface area contributed by atoms with Crippen molar-refractivity contribution in [2.24, 2.45) is 0 Å². The van der Waals surface area contributed by atoms with Crippen LogP contribution < -0.4 is 5.32 Å². The lowest BCUT2D eigenvalue weighted by molar-refractivity contribution is 0.102. The number of nitrogens with zero attached hydrogens (tertiary/aromatic N) is 4. The average molecular weight is 362 g/mol. The second-order valence-corrected chi connectivity index (χ2v) is 7.67. The van der Waals surface area contributed by atoms with Crippen molar-refractivity contribution in [1.29, 1.82) is 0 Å². The van der Waals surface area contributed by atoms with Crippen LogP contribution >= 0.6 is 46.5 Å². The second-order valence-electron chi connectivity index (χ2n) is 3.54. The molecule has 0 saturated heterocycles. The zero-order chi connectivity index (χ0) is 15.2. The highest BCUT2D eigenvalue weighted by Crippen LogP contribution is 2.26. The van der Waals surface area contributed by atoms with Crippen molar-refractivity contribution in [3.8, 4) is 0 Å². The van der Waals surface area contributed by atoms with Gasteiger partial charge in [0.1, 0.15) is 0 Å². The van der Waals surface area contributed by atoms with Crippen LogP contribution in [-0.2, 0) is 0 Å². The number of aromatic nitrogens is 4. The van der Waals surface area contributed by atoms with Crippen molar-refractivity contribution in [2.45, 2.75) is 23.3 Å². The van der Waals surface area contributed by atoms with Crippen LogP contribution in [-0.4, -0.2) is 37.6 Å². The minimum atomic E-state index is -0.412. The Morgan fingerprint density at radius 1 is 1.33 bits per heavy atom. The number of thioether (sulfide) groups is 2. The summed E-state index contributed by atoms with van der Waals surface area (Å²) in [5.74, 6) is 1.30. The van der Waals surface area contributed by atoms with Gasteiger partial charge in [-0.2, -0.15) is 0 Å². The summed E-state index contributed by atoms with van der Waals surface area (Å²) in [5, 5.41) is 11.7. The Morgan fingerprint density at radius 3 is 2.81 bits per heavy atom. The predicted octanol–water partition coefficient (Wildman–Crippen LogP) is 3.46. The highest BCUT2D eigenvalue weighted by molar-refractivity contribution is 8.01. The molecule has 0 radical (unpaired) electrons. The van der Waals surface area contributed by atoms with Crippen LogP contribution in [0.3, 0.4) is 0 Å². The molecule has 1 N–H and O–H groups in total. The summed E-state index contributed by atoms with van der Waals surface area (Å²) in [6.45, 7) is 4.01. The standard InChI is InChI=1S/C11H12ClN5OS3/c1-3-19-9-13-5-6(12)7(14-9)8(18)15-10-16-17-11(21-10)20-4-2/h5H,3-4H2,1-2H3,(H,15,16,18). The third-order valence-electron chi connectivity index (χ3n) is 2.11. The van der Waals surface area contributed by atoms with Gasteiger partial charge in [0.05, 0.1) is 11.2 Å². The van der Waals surface area contributed by atoms with Gasteiger partial charge in [-0.15, -0.1) is 10.2 Å². The van der Waals surface area contributed by atoms with Gasteiger partial charge in [-0.25, -0.2) is 9.97 Å². The first-order valence-corrected chi connectivity index (χ1v) is 9.23. The Labute approximate surface area is 139 Å². The van der Waals surface area contributed by atoms with E-state index in [1.807, 2.05) is 13.8 Å². The summed E-state index contributed by atoms with van der Waals surface area (Å²) >= 11 is 10.3. The van der Waals surface area contributed by atoms with Gasteiger partial charge in [-0.05, 0) is 11.5 Å². The van der Waals surface area contributed by atoms with Crippen molar-refractivity contribution >= 4 is 57.5 Å². The van der Waals surface area contributed by atoms with Gasteiger partial charge in [0.15, 0.2) is 15.2 Å². The van der Waals surface area contributed by atoms with Gasteiger partial charge >= 0.3 is 0 Å². The van der Waals surface area contributed by atoms with Crippen molar-refractivity contribution in [1.82, 2.24) is 20.2 Å². The molecule has 10 heteroatoms. The molecule has 0 aliphatic rings. The zero-order valence-electron chi connectivity index (χ0n) is 11.3. The number of amides is 1. The summed E-state index contributed by atoms with van der Waals surface area (Å²) in [6.07, 6.45) is 1.43. The molecule has 0 aromatic carbocycles. The van der Waals surface area contributed by atoms with E-state index < -0.39 is 5.91 Å². The van der Waals surface area contributed by atoms with Crippen molar-refractivity contribution in [3.05, 3.63) is 16.9 Å². The Morgan fingerprint density at radius 2 is 2.10 bits per heavy atom. The Hall–Kier alpha value is -0.900. The number of hydrogen-bond donors (Lipinski definition) is 1. The van der Waals surface area contributed by atoms with Crippen LogP contribution in [0.5, 0.6) is 0 Å². The molecule has 0 fully saturated rings. The van der Waals surface area contributed by atoms with E-state index in [1.54, 1.807) is 11.8 Å². The van der Waals surface area contributed by atoms with Crippen LogP contribution in [0, 0.1) is 0 Å². The molecule has 2 aromatic heterocycles. The number of halogens is 1. The topological polar surface area (TPSA) is 80.7 Å². The quantitative estimate of drug-likeness (QED) is 0.479. The van der Waals surface area contributed by atoms with Crippen molar-refractivity contribution < 1.29 is 4.79 Å². The number of carbonyl (C=O) groups excluding carboxylic acids is 1. The molecule has 2 heterocycles. The van der Waals surface area contributed by atoms with E-state index in [-0.39, 0.29) is 10.7 Å². The van der Waals surface area contributed by atoms with Crippen molar-refractivity contribution in [2.75, 3.05) is 16.8 Å². The fraction of sp³-hybridized carbons (Fsp3) is 0.364. The molecule has 0 spiro atoms. The first-order valence-electron chi connectivity index (χ1n) is 6.07. The summed E-state index contributed by atoms with van der Waals surface area (Å²) in [6, 6.07) is 0. The Bertz CT molecular complexity index is 636. The van der Waals surface area contributed by atoms with Crippen LogP contribution in [0.4, 0.5) is 5.13 Å². The molecule has 112 valence electrons. The molecule has 0 saturated carbocycles. The maximum absolute atomic E-state index is 12.2. The van der Waals surface area contributed by atoms with E-state index in [0.29, 0.717) is 10.3 Å². The average Bonchev–Trinajstić information content (AvgIpc) is 2.89. The Kier molecular flexibility index (Phi) is 6.22. The largest absolute Gasteiger partial charge is 0.295 e. The van der Waals surface area contributed by atoms with E-state index >= 15 is 0 Å². The molecule has 2 aromatic rings. The first kappa shape index (κ1) is 16.5. The molecule has 21 heavy (non-hydrogen) atoms. The van der Waals surface area contributed by atoms with E-state index in [9.17, 15) is 4.79 Å². The van der Waals surface area contributed by atoms with Gasteiger partial charge in [-0.3, -0.25) is 10.1 Å². The molecular formula is C11H12ClN5OS3. The number of carbonyl (C=O) groups is 1. The lowest BCUT2D eigenvalue weighted by Crippen LogP contribution is -2.15. The van der Waals surface area contributed by atoms with E-state index in [0.717, 1.165) is 15.8 Å². The SMILES string of the molecule is CCSc1ncc(Cl)c(C(=O)Nc2nnc(SCC)s2)n1. The molecule has 0 atom stereocenters. The molecule has 6 nitrogen and oxygen atoms in total. The minimum absolute atomic E-state index is 0.141. The van der Waals surface area contributed by atoms with Gasteiger partial charge in [0, 0.05) is 0 Å². The smallest absolute Gasteiger partial charge is 0.277 e. The first-order chi connectivity index (χ1) is 10.1. The lowest BCUT2D eigenvalue weighted by Gasteiger charge is -2.04. The van der Waals surface area contributed by atoms with Crippen LogP contribution in [0.15, 0.2) is 15.7 Å². The van der Waals surface area contributed by atoms with Crippen LogP contribution in [0.1, 0.15) is 24.3 Å². The number of rotatable bonds is 6. The molecule has 0 aliphatic heterocycles. The number of hydrogen-bond acceptors (Lipinski definition) is 8. The highest BCUT2D eigenvalue weighted by Gasteiger charge is 2.16. The van der Waals surface area contributed by atoms with Gasteiger partial charge in [-0.1, -0.05) is 60.3 Å². The fourth-order valence-electron chi connectivity index (χ4n) is 1.31. The summed E-state index contributed by atoms with van der Waals surface area (Å²) < 4.78 is 0.809. The summed E-state index contributed by atoms with van der Waals surface area (Å²) in [5.41, 5.74) is 0.141. The predicted molar refractivity (Wildman–Crippen MR) is 87.7 cm³/mol. The second kappa shape index (κ2) is 7.92. The normalized spacial score (nSPS) is 10.6. The third-order valence-corrected chi connectivity index (χ3v) is 4.98. The Balaban J connectivity index is 2.13. The molecule has 0 aliphatic carbocycles. The number of anilines is 1. The summed E-state index contributed by atoms with van der Waals surface area (Å²) in [4.78, 5) is 20.4. The van der Waals surface area contributed by atoms with E-state index in [2.05, 4.69) is 25.5 Å². The summed E-state index contributed by atoms with van der Waals surface area (Å²) in [7, 11) is 0. The van der Waals surface area contributed by atoms with E-state index in [4.69, 9.17) is 11.6 Å². The minimum Gasteiger partial charge on any atom is -0.295 e. The lowest BCUT2D eigenvalue weighted by atomic mass is 10.4. The number of nitrogens with one attached hydrogen (secondary N) is 1. The fourth-order valence-corrected chi connectivity index (χ4v) is 3.67. The molecule has 0 bridgehead atoms. The van der Waals surface area contributed by atoms with Crippen molar-refractivity contribution in [3.63, 3.8) is 0 Å². The third kappa shape index (κ3) is 4.53. The van der Waals surface area contributed by atoms with E-state index in [1.165, 1.54) is 29.3 Å². The molecular weight excluding hydrogens is 350 g/mol. The maximum atomic E-state index is 12.2. The zero-order valence-corrected chi connectivity index (χ0v) is 14.5. The van der Waals surface area contributed by atoms with Crippen LogP contribution in [0.25, 0.3) is 0 Å². The van der Waals surface area contributed by atoms with Gasteiger partial charge in [0.2, 0.25) is 5.13 Å². The monoisotopic (exact) mass is 361 g/mol. The van der Waals surface area contributed by atoms with Gasteiger partial charge in [0.25, 0.3) is 5.91 Å². The molecule has 0 unspecified atom stereocenters. The maximum Gasteiger partial charge on any atom is 0.277 e. The molecule has 1 amide bonds.